The molecule has 4 rings (SSSR count). The number of hydrogen-bond acceptors (Lipinski definition) is 4. The lowest BCUT2D eigenvalue weighted by Crippen LogP contribution is -2.34. The molecule has 0 spiro atoms. The number of carbonyl (C=O) groups is 1. The van der Waals surface area contributed by atoms with Crippen LogP contribution in [-0.4, -0.2) is 16.0 Å². The first-order valence-electron chi connectivity index (χ1n) is 5.93. The fraction of sp³-hybridized carbons (Fsp3) is 0. The summed E-state index contributed by atoms with van der Waals surface area (Å²) in [6.45, 7) is 0. The summed E-state index contributed by atoms with van der Waals surface area (Å²) in [7, 11) is 0. The molecule has 0 aliphatic carbocycles. The summed E-state index contributed by atoms with van der Waals surface area (Å²) in [6, 6.07) is 3.71. The zero-order valence-electron chi connectivity index (χ0n) is 10.3. The van der Waals surface area contributed by atoms with Gasteiger partial charge >= 0.3 is 6.03 Å². The lowest BCUT2D eigenvalue weighted by molar-refractivity contribution is 0.258. The van der Waals surface area contributed by atoms with Crippen molar-refractivity contribution < 1.29 is 9.18 Å². The van der Waals surface area contributed by atoms with E-state index in [-0.39, 0.29) is 11.1 Å². The van der Waals surface area contributed by atoms with Gasteiger partial charge in [0, 0.05) is 5.38 Å². The van der Waals surface area contributed by atoms with Crippen molar-refractivity contribution in [3.05, 3.63) is 40.7 Å². The van der Waals surface area contributed by atoms with E-state index < -0.39 is 5.82 Å². The number of hydrogen-bond donors (Lipinski definition) is 1. The number of benzene rings is 1. The summed E-state index contributed by atoms with van der Waals surface area (Å²) < 4.78 is 13.3. The van der Waals surface area contributed by atoms with E-state index in [4.69, 9.17) is 11.6 Å². The van der Waals surface area contributed by atoms with Gasteiger partial charge < -0.3 is 5.32 Å². The summed E-state index contributed by atoms with van der Waals surface area (Å²) >= 11 is 7.22. The number of nitrogens with zero attached hydrogens (tertiary/aromatic N) is 3. The standard InChI is InChI=1S/C13H6ClFN4OS/c14-7-3-6(1-2-8(7)15)19-11-10-9(18-13(19)20)4-21-12(10)17-5-16-11/h1-5H,(H,18,20). The van der Waals surface area contributed by atoms with E-state index in [1.54, 1.807) is 0 Å². The Labute approximate surface area is 127 Å². The number of urea groups is 1. The van der Waals surface area contributed by atoms with Crippen molar-refractivity contribution in [1.29, 1.82) is 0 Å². The first kappa shape index (κ1) is 12.5. The van der Waals surface area contributed by atoms with Gasteiger partial charge in [0.25, 0.3) is 0 Å². The zero-order chi connectivity index (χ0) is 14.6. The maximum Gasteiger partial charge on any atom is 0.332 e. The second kappa shape index (κ2) is 4.37. The minimum Gasteiger partial charge on any atom is -0.306 e. The summed E-state index contributed by atoms with van der Waals surface area (Å²) in [5, 5.41) is 5.29. The van der Waals surface area contributed by atoms with E-state index >= 15 is 0 Å². The van der Waals surface area contributed by atoms with Gasteiger partial charge in [0.2, 0.25) is 0 Å². The van der Waals surface area contributed by atoms with E-state index in [9.17, 15) is 9.18 Å². The van der Waals surface area contributed by atoms with E-state index in [0.717, 1.165) is 10.2 Å². The van der Waals surface area contributed by atoms with Crippen LogP contribution in [-0.2, 0) is 0 Å². The molecule has 5 nitrogen and oxygen atoms in total. The minimum atomic E-state index is -0.540. The van der Waals surface area contributed by atoms with Crippen LogP contribution < -0.4 is 10.2 Å². The first-order valence-corrected chi connectivity index (χ1v) is 7.19. The Morgan fingerprint density at radius 2 is 2.19 bits per heavy atom. The maximum atomic E-state index is 13.3. The molecule has 3 heterocycles. The summed E-state index contributed by atoms with van der Waals surface area (Å²) in [5.74, 6) is -0.0791. The Balaban J connectivity index is 1.97. The highest BCUT2D eigenvalue weighted by Gasteiger charge is 2.29. The van der Waals surface area contributed by atoms with Crippen molar-refractivity contribution in [2.24, 2.45) is 0 Å². The summed E-state index contributed by atoms with van der Waals surface area (Å²) in [5.41, 5.74) is 1.12. The number of amides is 2. The molecule has 8 heteroatoms. The molecule has 1 aromatic carbocycles. The highest BCUT2D eigenvalue weighted by atomic mass is 35.5. The van der Waals surface area contributed by atoms with Crippen molar-refractivity contribution in [3.8, 4) is 0 Å². The van der Waals surface area contributed by atoms with E-state index in [2.05, 4.69) is 15.3 Å². The monoisotopic (exact) mass is 320 g/mol. The minimum absolute atomic E-state index is 0.0540. The Morgan fingerprint density at radius 3 is 3.00 bits per heavy atom. The smallest absolute Gasteiger partial charge is 0.306 e. The molecule has 1 N–H and O–H groups in total. The molecule has 2 aromatic heterocycles. The molecular weight excluding hydrogens is 315 g/mol. The van der Waals surface area contributed by atoms with Gasteiger partial charge in [-0.2, -0.15) is 0 Å². The largest absolute Gasteiger partial charge is 0.332 e. The number of halogens is 2. The zero-order valence-corrected chi connectivity index (χ0v) is 11.9. The Hall–Kier alpha value is -2.25. The molecule has 1 aliphatic rings. The Kier molecular flexibility index (Phi) is 2.60. The molecule has 0 unspecified atom stereocenters. The topological polar surface area (TPSA) is 58.1 Å². The number of anilines is 3. The third-order valence-electron chi connectivity index (χ3n) is 3.17. The maximum absolute atomic E-state index is 13.3. The van der Waals surface area contributed by atoms with Gasteiger partial charge in [-0.05, 0) is 18.2 Å². The lowest BCUT2D eigenvalue weighted by Gasteiger charge is -2.26. The molecule has 0 bridgehead atoms. The molecule has 2 amide bonds. The molecule has 104 valence electrons. The van der Waals surface area contributed by atoms with Crippen LogP contribution in [0.2, 0.25) is 5.02 Å². The molecule has 0 fully saturated rings. The quantitative estimate of drug-likeness (QED) is 0.732. The van der Waals surface area contributed by atoms with Gasteiger partial charge in [-0.15, -0.1) is 11.3 Å². The second-order valence-corrected chi connectivity index (χ2v) is 5.66. The Bertz CT molecular complexity index is 897. The van der Waals surface area contributed by atoms with Crippen LogP contribution in [0.15, 0.2) is 29.9 Å². The normalized spacial score (nSPS) is 13.6. The molecule has 3 aromatic rings. The van der Waals surface area contributed by atoms with Gasteiger partial charge in [0.15, 0.2) is 5.82 Å². The second-order valence-electron chi connectivity index (χ2n) is 4.39. The summed E-state index contributed by atoms with van der Waals surface area (Å²) in [6.07, 6.45) is 1.40. The fourth-order valence-electron chi connectivity index (χ4n) is 2.25. The van der Waals surface area contributed by atoms with Gasteiger partial charge in [0.05, 0.1) is 21.8 Å². The van der Waals surface area contributed by atoms with E-state index in [0.29, 0.717) is 17.2 Å². The Morgan fingerprint density at radius 1 is 1.33 bits per heavy atom. The van der Waals surface area contributed by atoms with Crippen LogP contribution in [0, 0.1) is 5.82 Å². The molecular formula is C13H6ClFN4OS. The number of carbonyl (C=O) groups excluding carboxylic acids is 1. The third kappa shape index (κ3) is 1.78. The molecule has 0 saturated carbocycles. The van der Waals surface area contributed by atoms with Crippen molar-refractivity contribution in [1.82, 2.24) is 9.97 Å². The predicted octanol–water partition coefficient (Wildman–Crippen LogP) is 4.17. The SMILES string of the molecule is O=C1Nc2csc3ncnc(c23)N1c1ccc(F)c(Cl)c1. The molecule has 1 aliphatic heterocycles. The van der Waals surface area contributed by atoms with Crippen molar-refractivity contribution >= 4 is 56.4 Å². The van der Waals surface area contributed by atoms with Crippen LogP contribution in [0.4, 0.5) is 26.4 Å². The summed E-state index contributed by atoms with van der Waals surface area (Å²) in [4.78, 5) is 22.8. The molecule has 0 atom stereocenters. The number of nitrogens with one attached hydrogen (secondary N) is 1. The highest BCUT2D eigenvalue weighted by Crippen LogP contribution is 2.41. The van der Waals surface area contributed by atoms with Gasteiger partial charge in [-0.25, -0.2) is 24.1 Å². The van der Waals surface area contributed by atoms with Crippen LogP contribution in [0.1, 0.15) is 0 Å². The average Bonchev–Trinajstić information content (AvgIpc) is 2.87. The van der Waals surface area contributed by atoms with Crippen LogP contribution in [0.5, 0.6) is 0 Å². The number of rotatable bonds is 1. The van der Waals surface area contributed by atoms with Gasteiger partial charge in [-0.3, -0.25) is 0 Å². The third-order valence-corrected chi connectivity index (χ3v) is 4.34. The fourth-order valence-corrected chi connectivity index (χ4v) is 3.26. The van der Waals surface area contributed by atoms with Crippen LogP contribution in [0.3, 0.4) is 0 Å². The molecule has 0 saturated heterocycles. The average molecular weight is 321 g/mol. The van der Waals surface area contributed by atoms with Crippen LogP contribution in [0.25, 0.3) is 10.2 Å². The van der Waals surface area contributed by atoms with E-state index in [1.807, 2.05) is 5.38 Å². The molecule has 21 heavy (non-hydrogen) atoms. The lowest BCUT2D eigenvalue weighted by atomic mass is 10.2. The van der Waals surface area contributed by atoms with Crippen molar-refractivity contribution in [3.63, 3.8) is 0 Å². The predicted molar refractivity (Wildman–Crippen MR) is 80.0 cm³/mol. The first-order chi connectivity index (χ1) is 10.1. The van der Waals surface area contributed by atoms with Crippen LogP contribution >= 0.6 is 22.9 Å². The van der Waals surface area contributed by atoms with Gasteiger partial charge in [0.1, 0.15) is 17.0 Å². The highest BCUT2D eigenvalue weighted by molar-refractivity contribution is 7.17. The molecule has 0 radical (unpaired) electrons. The van der Waals surface area contributed by atoms with Crippen molar-refractivity contribution in [2.75, 3.05) is 10.2 Å². The van der Waals surface area contributed by atoms with E-state index in [1.165, 1.54) is 40.8 Å². The van der Waals surface area contributed by atoms with Gasteiger partial charge in [-0.1, -0.05) is 11.6 Å². The number of aromatic nitrogens is 2. The van der Waals surface area contributed by atoms with Crippen molar-refractivity contribution in [2.45, 2.75) is 0 Å². The number of thiophene rings is 1.